The van der Waals surface area contributed by atoms with E-state index in [9.17, 15) is 18.0 Å². The van der Waals surface area contributed by atoms with E-state index in [4.69, 9.17) is 11.5 Å². The molecule has 0 atom stereocenters. The van der Waals surface area contributed by atoms with Crippen LogP contribution in [0.5, 0.6) is 0 Å². The molecule has 0 saturated carbocycles. The van der Waals surface area contributed by atoms with Gasteiger partial charge in [0, 0.05) is 5.69 Å². The van der Waals surface area contributed by atoms with E-state index in [1.165, 1.54) is 6.07 Å². The third kappa shape index (κ3) is 2.76. The van der Waals surface area contributed by atoms with Gasteiger partial charge in [0.1, 0.15) is 0 Å². The number of hydrogen-bond donors (Lipinski definition) is 3. The summed E-state index contributed by atoms with van der Waals surface area (Å²) >= 11 is 0. The van der Waals surface area contributed by atoms with Gasteiger partial charge in [0.05, 0.1) is 11.3 Å². The van der Waals surface area contributed by atoms with Gasteiger partial charge in [-0.3, -0.25) is 0 Å². The van der Waals surface area contributed by atoms with Gasteiger partial charge in [-0.05, 0) is 18.2 Å². The summed E-state index contributed by atoms with van der Waals surface area (Å²) in [5.41, 5.74) is 8.45. The third-order valence-electron chi connectivity index (χ3n) is 1.61. The number of nitrogens with two attached hydrogens (primary N) is 2. The third-order valence-corrected chi connectivity index (χ3v) is 1.61. The number of rotatable bonds is 1. The zero-order valence-corrected chi connectivity index (χ0v) is 7.43. The Morgan fingerprint density at radius 3 is 2.40 bits per heavy atom. The number of halogens is 3. The Kier molecular flexibility index (Phi) is 2.74. The lowest BCUT2D eigenvalue weighted by Gasteiger charge is -2.13. The van der Waals surface area contributed by atoms with Crippen molar-refractivity contribution in [3.8, 4) is 0 Å². The normalized spacial score (nSPS) is 11.1. The van der Waals surface area contributed by atoms with Gasteiger partial charge in [0.15, 0.2) is 0 Å². The second-order valence-electron chi connectivity index (χ2n) is 2.79. The van der Waals surface area contributed by atoms with Crippen molar-refractivity contribution in [3.05, 3.63) is 23.8 Å². The molecule has 7 heteroatoms. The standard InChI is InChI=1S/C8H8F3N3O/c9-8(10,11)5-3-4(12)1-2-6(5)14-7(13)15/h1-3H,12H2,(H3,13,14,15). The number of nitrogen functional groups attached to an aromatic ring is 1. The van der Waals surface area contributed by atoms with E-state index in [2.05, 4.69) is 0 Å². The molecular weight excluding hydrogens is 211 g/mol. The van der Waals surface area contributed by atoms with Crippen molar-refractivity contribution in [1.82, 2.24) is 0 Å². The highest BCUT2D eigenvalue weighted by molar-refractivity contribution is 5.89. The fourth-order valence-corrected chi connectivity index (χ4v) is 1.04. The van der Waals surface area contributed by atoms with E-state index in [0.717, 1.165) is 12.1 Å². The van der Waals surface area contributed by atoms with Crippen molar-refractivity contribution in [2.45, 2.75) is 6.18 Å². The molecule has 0 aromatic heterocycles. The van der Waals surface area contributed by atoms with E-state index >= 15 is 0 Å². The predicted molar refractivity (Wildman–Crippen MR) is 49.1 cm³/mol. The van der Waals surface area contributed by atoms with Crippen molar-refractivity contribution in [1.29, 1.82) is 0 Å². The van der Waals surface area contributed by atoms with Crippen LogP contribution in [0, 0.1) is 0 Å². The summed E-state index contributed by atoms with van der Waals surface area (Å²) < 4.78 is 37.3. The minimum atomic E-state index is -4.59. The molecule has 0 radical (unpaired) electrons. The Morgan fingerprint density at radius 1 is 1.33 bits per heavy atom. The van der Waals surface area contributed by atoms with Gasteiger partial charge in [-0.1, -0.05) is 0 Å². The predicted octanol–water partition coefficient (Wildman–Crippen LogP) is 1.78. The summed E-state index contributed by atoms with van der Waals surface area (Å²) in [6, 6.07) is 1.94. The molecule has 0 aliphatic rings. The van der Waals surface area contributed by atoms with Crippen LogP contribution >= 0.6 is 0 Å². The van der Waals surface area contributed by atoms with Crippen molar-refractivity contribution in [2.75, 3.05) is 11.1 Å². The number of primary amides is 1. The minimum Gasteiger partial charge on any atom is -0.399 e. The SMILES string of the molecule is NC(=O)Nc1ccc(N)cc1C(F)(F)F. The highest BCUT2D eigenvalue weighted by Gasteiger charge is 2.33. The molecule has 1 rings (SSSR count). The molecule has 1 aromatic carbocycles. The molecule has 0 fully saturated rings. The fourth-order valence-electron chi connectivity index (χ4n) is 1.04. The average molecular weight is 219 g/mol. The Hall–Kier alpha value is -1.92. The number of nitrogens with one attached hydrogen (secondary N) is 1. The average Bonchev–Trinajstić information content (AvgIpc) is 2.05. The number of carbonyl (C=O) groups is 1. The fraction of sp³-hybridized carbons (Fsp3) is 0.125. The maximum atomic E-state index is 12.4. The molecule has 82 valence electrons. The van der Waals surface area contributed by atoms with Crippen LogP contribution in [0.3, 0.4) is 0 Å². The van der Waals surface area contributed by atoms with Crippen molar-refractivity contribution >= 4 is 17.4 Å². The van der Waals surface area contributed by atoms with Gasteiger partial charge >= 0.3 is 12.2 Å². The van der Waals surface area contributed by atoms with Crippen LogP contribution in [-0.4, -0.2) is 6.03 Å². The van der Waals surface area contributed by atoms with E-state index < -0.39 is 23.5 Å². The van der Waals surface area contributed by atoms with Gasteiger partial charge < -0.3 is 16.8 Å². The Labute approximate surface area is 83.0 Å². The summed E-state index contributed by atoms with van der Waals surface area (Å²) in [5, 5.41) is 1.87. The number of alkyl halides is 3. The zero-order chi connectivity index (χ0) is 11.6. The number of hydrogen-bond acceptors (Lipinski definition) is 2. The van der Waals surface area contributed by atoms with Gasteiger partial charge in [0.25, 0.3) is 0 Å². The molecule has 0 heterocycles. The monoisotopic (exact) mass is 219 g/mol. The smallest absolute Gasteiger partial charge is 0.399 e. The van der Waals surface area contributed by atoms with Crippen LogP contribution in [0.25, 0.3) is 0 Å². The van der Waals surface area contributed by atoms with E-state index in [1.807, 2.05) is 5.32 Å². The maximum absolute atomic E-state index is 12.4. The van der Waals surface area contributed by atoms with Gasteiger partial charge in [0.2, 0.25) is 0 Å². The van der Waals surface area contributed by atoms with Crippen LogP contribution in [0.1, 0.15) is 5.56 Å². The maximum Gasteiger partial charge on any atom is 0.418 e. The first kappa shape index (κ1) is 11.2. The largest absolute Gasteiger partial charge is 0.418 e. The van der Waals surface area contributed by atoms with Crippen LogP contribution in [0.15, 0.2) is 18.2 Å². The molecule has 0 bridgehead atoms. The summed E-state index contributed by atoms with van der Waals surface area (Å²) in [7, 11) is 0. The second kappa shape index (κ2) is 3.68. The molecule has 15 heavy (non-hydrogen) atoms. The first-order valence-corrected chi connectivity index (χ1v) is 3.84. The lowest BCUT2D eigenvalue weighted by atomic mass is 10.1. The molecule has 0 aliphatic heterocycles. The van der Waals surface area contributed by atoms with Crippen LogP contribution in [0.2, 0.25) is 0 Å². The van der Waals surface area contributed by atoms with E-state index in [1.54, 1.807) is 0 Å². The van der Waals surface area contributed by atoms with E-state index in [0.29, 0.717) is 0 Å². The number of carbonyl (C=O) groups excluding carboxylic acids is 1. The summed E-state index contributed by atoms with van der Waals surface area (Å²) in [5.74, 6) is 0. The second-order valence-corrected chi connectivity index (χ2v) is 2.79. The highest BCUT2D eigenvalue weighted by atomic mass is 19.4. The van der Waals surface area contributed by atoms with Crippen LogP contribution in [-0.2, 0) is 6.18 Å². The lowest BCUT2D eigenvalue weighted by Crippen LogP contribution is -2.22. The topological polar surface area (TPSA) is 81.1 Å². The molecule has 5 N–H and O–H groups in total. The molecular formula is C8H8F3N3O. The van der Waals surface area contributed by atoms with Crippen molar-refractivity contribution in [2.24, 2.45) is 5.73 Å². The number of urea groups is 1. The highest BCUT2D eigenvalue weighted by Crippen LogP contribution is 2.35. The molecule has 4 nitrogen and oxygen atoms in total. The van der Waals surface area contributed by atoms with Crippen molar-refractivity contribution in [3.63, 3.8) is 0 Å². The lowest BCUT2D eigenvalue weighted by molar-refractivity contribution is -0.136. The zero-order valence-electron chi connectivity index (χ0n) is 7.43. The minimum absolute atomic E-state index is 0.0441. The van der Waals surface area contributed by atoms with Gasteiger partial charge in [-0.25, -0.2) is 4.79 Å². The molecule has 1 aromatic rings. The molecule has 2 amide bonds. The molecule has 0 saturated heterocycles. The Balaban J connectivity index is 3.20. The molecule has 0 unspecified atom stereocenters. The first-order chi connectivity index (χ1) is 6.80. The Bertz CT molecular complexity index is 389. The summed E-state index contributed by atoms with van der Waals surface area (Å²) in [4.78, 5) is 10.4. The summed E-state index contributed by atoms with van der Waals surface area (Å²) in [6.07, 6.45) is -4.59. The molecule has 0 spiro atoms. The van der Waals surface area contributed by atoms with Crippen LogP contribution < -0.4 is 16.8 Å². The number of anilines is 2. The van der Waals surface area contributed by atoms with Gasteiger partial charge in [-0.2, -0.15) is 13.2 Å². The Morgan fingerprint density at radius 2 is 1.93 bits per heavy atom. The van der Waals surface area contributed by atoms with E-state index in [-0.39, 0.29) is 5.69 Å². The molecule has 0 aliphatic carbocycles. The van der Waals surface area contributed by atoms with Crippen molar-refractivity contribution < 1.29 is 18.0 Å². The van der Waals surface area contributed by atoms with Gasteiger partial charge in [-0.15, -0.1) is 0 Å². The van der Waals surface area contributed by atoms with Crippen LogP contribution in [0.4, 0.5) is 29.3 Å². The first-order valence-electron chi connectivity index (χ1n) is 3.84. The number of amides is 2. The number of benzene rings is 1. The summed E-state index contributed by atoms with van der Waals surface area (Å²) in [6.45, 7) is 0. The quantitative estimate of drug-likeness (QED) is 0.629.